The monoisotopic (exact) mass is 171 g/mol. The number of amides is 1. The highest BCUT2D eigenvalue weighted by molar-refractivity contribution is 5.78. The van der Waals surface area contributed by atoms with E-state index in [1.807, 2.05) is 11.8 Å². The van der Waals surface area contributed by atoms with E-state index in [1.54, 1.807) is 0 Å². The van der Waals surface area contributed by atoms with Crippen molar-refractivity contribution in [1.29, 1.82) is 0 Å². The lowest BCUT2D eigenvalue weighted by Gasteiger charge is -2.42. The number of morpholine rings is 2. The van der Waals surface area contributed by atoms with E-state index in [9.17, 15) is 4.79 Å². The molecule has 0 aromatic rings. The summed E-state index contributed by atoms with van der Waals surface area (Å²) in [4.78, 5) is 13.2. The van der Waals surface area contributed by atoms with Crippen LogP contribution < -0.4 is 0 Å². The first kappa shape index (κ1) is 8.01. The standard InChI is InChI=1S/C8H13NO3/c1-6-7-4-11-3-2-9(7)8(10)5-12-6/h6-7H,2-5H2,1H3. The summed E-state index contributed by atoms with van der Waals surface area (Å²) in [5.41, 5.74) is 0. The fourth-order valence-electron chi connectivity index (χ4n) is 1.72. The van der Waals surface area contributed by atoms with Crippen LogP contribution in [0, 0.1) is 0 Å². The molecule has 0 N–H and O–H groups in total. The zero-order valence-electron chi connectivity index (χ0n) is 7.16. The second-order valence-electron chi connectivity index (χ2n) is 3.25. The first-order valence-corrected chi connectivity index (χ1v) is 4.28. The summed E-state index contributed by atoms with van der Waals surface area (Å²) < 4.78 is 10.6. The Morgan fingerprint density at radius 1 is 1.58 bits per heavy atom. The van der Waals surface area contributed by atoms with Crippen LogP contribution in [0.5, 0.6) is 0 Å². The summed E-state index contributed by atoms with van der Waals surface area (Å²) in [6, 6.07) is 0.139. The summed E-state index contributed by atoms with van der Waals surface area (Å²) in [7, 11) is 0. The van der Waals surface area contributed by atoms with Gasteiger partial charge in [-0.2, -0.15) is 0 Å². The van der Waals surface area contributed by atoms with Gasteiger partial charge in [0, 0.05) is 6.54 Å². The van der Waals surface area contributed by atoms with Crippen molar-refractivity contribution < 1.29 is 14.3 Å². The minimum atomic E-state index is 0.0985. The predicted molar refractivity (Wildman–Crippen MR) is 41.7 cm³/mol. The van der Waals surface area contributed by atoms with Gasteiger partial charge in [0.15, 0.2) is 0 Å². The maximum Gasteiger partial charge on any atom is 0.249 e. The number of carbonyl (C=O) groups is 1. The topological polar surface area (TPSA) is 38.8 Å². The first-order chi connectivity index (χ1) is 5.79. The molecule has 2 unspecified atom stereocenters. The van der Waals surface area contributed by atoms with Crippen LogP contribution in [0.25, 0.3) is 0 Å². The molecule has 1 amide bonds. The molecule has 0 bridgehead atoms. The van der Waals surface area contributed by atoms with Gasteiger partial charge in [-0.1, -0.05) is 0 Å². The minimum absolute atomic E-state index is 0.0985. The molecule has 0 radical (unpaired) electrons. The molecule has 12 heavy (non-hydrogen) atoms. The number of nitrogens with zero attached hydrogens (tertiary/aromatic N) is 1. The molecule has 4 heteroatoms. The van der Waals surface area contributed by atoms with Gasteiger partial charge >= 0.3 is 0 Å². The van der Waals surface area contributed by atoms with E-state index in [0.29, 0.717) is 13.2 Å². The first-order valence-electron chi connectivity index (χ1n) is 4.28. The largest absolute Gasteiger partial charge is 0.377 e. The molecule has 2 heterocycles. The Morgan fingerprint density at radius 3 is 3.17 bits per heavy atom. The molecular formula is C8H13NO3. The lowest BCUT2D eigenvalue weighted by atomic mass is 10.1. The van der Waals surface area contributed by atoms with E-state index in [0.717, 1.165) is 6.54 Å². The van der Waals surface area contributed by atoms with Crippen LogP contribution in [-0.4, -0.2) is 49.3 Å². The highest BCUT2D eigenvalue weighted by Crippen LogP contribution is 2.17. The highest BCUT2D eigenvalue weighted by Gasteiger charge is 2.35. The average molecular weight is 171 g/mol. The van der Waals surface area contributed by atoms with Crippen molar-refractivity contribution in [2.75, 3.05) is 26.4 Å². The van der Waals surface area contributed by atoms with E-state index in [4.69, 9.17) is 9.47 Å². The van der Waals surface area contributed by atoms with Crippen LogP contribution >= 0.6 is 0 Å². The van der Waals surface area contributed by atoms with Gasteiger partial charge in [-0.15, -0.1) is 0 Å². The zero-order chi connectivity index (χ0) is 8.55. The Balaban J connectivity index is 2.11. The molecule has 0 aromatic carbocycles. The van der Waals surface area contributed by atoms with E-state index in [1.165, 1.54) is 0 Å². The van der Waals surface area contributed by atoms with Crippen LogP contribution in [0.2, 0.25) is 0 Å². The Morgan fingerprint density at radius 2 is 2.42 bits per heavy atom. The molecule has 2 aliphatic heterocycles. The van der Waals surface area contributed by atoms with Crippen molar-refractivity contribution in [3.05, 3.63) is 0 Å². The minimum Gasteiger partial charge on any atom is -0.377 e. The fourth-order valence-corrected chi connectivity index (χ4v) is 1.72. The lowest BCUT2D eigenvalue weighted by molar-refractivity contribution is -0.168. The number of ether oxygens (including phenoxy) is 2. The van der Waals surface area contributed by atoms with Gasteiger partial charge in [-0.25, -0.2) is 0 Å². The summed E-state index contributed by atoms with van der Waals surface area (Å²) in [6.07, 6.45) is 0.114. The molecule has 2 saturated heterocycles. The number of rotatable bonds is 0. The molecule has 68 valence electrons. The Hall–Kier alpha value is -0.610. The Bertz CT molecular complexity index is 195. The molecule has 2 atom stereocenters. The molecule has 4 nitrogen and oxygen atoms in total. The fraction of sp³-hybridized carbons (Fsp3) is 0.875. The summed E-state index contributed by atoms with van der Waals surface area (Å²) in [6.45, 7) is 4.22. The van der Waals surface area contributed by atoms with Crippen molar-refractivity contribution in [2.24, 2.45) is 0 Å². The smallest absolute Gasteiger partial charge is 0.249 e. The second kappa shape index (κ2) is 3.03. The third kappa shape index (κ3) is 1.21. The normalized spacial score (nSPS) is 36.4. The molecule has 0 saturated carbocycles. The van der Waals surface area contributed by atoms with E-state index >= 15 is 0 Å². The molecule has 2 aliphatic rings. The van der Waals surface area contributed by atoms with E-state index in [-0.39, 0.29) is 24.7 Å². The molecule has 2 rings (SSSR count). The Labute approximate surface area is 71.4 Å². The summed E-state index contributed by atoms with van der Waals surface area (Å²) in [5.74, 6) is 0.0985. The second-order valence-corrected chi connectivity index (χ2v) is 3.25. The van der Waals surface area contributed by atoms with E-state index in [2.05, 4.69) is 0 Å². The molecular weight excluding hydrogens is 158 g/mol. The van der Waals surface area contributed by atoms with Crippen LogP contribution in [0.15, 0.2) is 0 Å². The quantitative estimate of drug-likeness (QED) is 0.499. The Kier molecular flexibility index (Phi) is 2.02. The summed E-state index contributed by atoms with van der Waals surface area (Å²) >= 11 is 0. The van der Waals surface area contributed by atoms with Gasteiger partial charge in [0.05, 0.1) is 25.4 Å². The van der Waals surface area contributed by atoms with E-state index < -0.39 is 0 Å². The van der Waals surface area contributed by atoms with Crippen LogP contribution in [0.3, 0.4) is 0 Å². The zero-order valence-corrected chi connectivity index (χ0v) is 7.16. The van der Waals surface area contributed by atoms with Gasteiger partial charge in [0.25, 0.3) is 0 Å². The van der Waals surface area contributed by atoms with Crippen molar-refractivity contribution >= 4 is 5.91 Å². The van der Waals surface area contributed by atoms with Gasteiger partial charge in [-0.3, -0.25) is 4.79 Å². The van der Waals surface area contributed by atoms with Gasteiger partial charge in [0.2, 0.25) is 5.91 Å². The SMILES string of the molecule is CC1OCC(=O)N2CCOCC12. The van der Waals surface area contributed by atoms with Gasteiger partial charge < -0.3 is 14.4 Å². The van der Waals surface area contributed by atoms with Crippen molar-refractivity contribution in [2.45, 2.75) is 19.1 Å². The van der Waals surface area contributed by atoms with Crippen molar-refractivity contribution in [3.63, 3.8) is 0 Å². The maximum absolute atomic E-state index is 11.3. The number of hydrogen-bond acceptors (Lipinski definition) is 3. The van der Waals surface area contributed by atoms with Crippen molar-refractivity contribution in [1.82, 2.24) is 4.90 Å². The predicted octanol–water partition coefficient (Wildman–Crippen LogP) is -0.368. The molecule has 0 aliphatic carbocycles. The number of carbonyl (C=O) groups excluding carboxylic acids is 1. The number of fused-ring (bicyclic) bond motifs is 1. The van der Waals surface area contributed by atoms with Crippen molar-refractivity contribution in [3.8, 4) is 0 Å². The van der Waals surface area contributed by atoms with Gasteiger partial charge in [0.1, 0.15) is 6.61 Å². The highest BCUT2D eigenvalue weighted by atomic mass is 16.5. The third-order valence-corrected chi connectivity index (χ3v) is 2.50. The maximum atomic E-state index is 11.3. The average Bonchev–Trinajstić information content (AvgIpc) is 2.12. The van der Waals surface area contributed by atoms with Crippen LogP contribution in [0.4, 0.5) is 0 Å². The van der Waals surface area contributed by atoms with Crippen LogP contribution in [-0.2, 0) is 14.3 Å². The third-order valence-electron chi connectivity index (χ3n) is 2.50. The molecule has 0 spiro atoms. The lowest BCUT2D eigenvalue weighted by Crippen LogP contribution is -2.58. The molecule has 2 fully saturated rings. The number of hydrogen-bond donors (Lipinski definition) is 0. The molecule has 0 aromatic heterocycles. The van der Waals surface area contributed by atoms with Crippen LogP contribution in [0.1, 0.15) is 6.92 Å². The van der Waals surface area contributed by atoms with Gasteiger partial charge in [-0.05, 0) is 6.92 Å². The summed E-state index contributed by atoms with van der Waals surface area (Å²) in [5, 5.41) is 0.